The number of imidazole rings is 1. The van der Waals surface area contributed by atoms with Gasteiger partial charge in [0, 0.05) is 12.0 Å². The maximum absolute atomic E-state index is 11.0. The molecule has 2 N–H and O–H groups in total. The number of aryl methyl sites for hydroxylation is 1. The third-order valence-corrected chi connectivity index (χ3v) is 4.68. The molecule has 21 heavy (non-hydrogen) atoms. The zero-order chi connectivity index (χ0) is 15.0. The van der Waals surface area contributed by atoms with Gasteiger partial charge in [-0.3, -0.25) is 0 Å². The highest BCUT2D eigenvalue weighted by Crippen LogP contribution is 2.40. The van der Waals surface area contributed by atoms with Crippen molar-refractivity contribution in [2.75, 3.05) is 6.61 Å². The molecule has 2 aromatic rings. The van der Waals surface area contributed by atoms with Gasteiger partial charge < -0.3 is 14.8 Å². The number of hydrogen-bond donors (Lipinski definition) is 2. The lowest BCUT2D eigenvalue weighted by atomic mass is 9.87. The highest BCUT2D eigenvalue weighted by molar-refractivity contribution is 5.92. The van der Waals surface area contributed by atoms with Crippen LogP contribution in [0.25, 0.3) is 11.0 Å². The van der Waals surface area contributed by atoms with Crippen molar-refractivity contribution >= 4 is 17.0 Å². The summed E-state index contributed by atoms with van der Waals surface area (Å²) in [4.78, 5) is 15.5. The largest absolute Gasteiger partial charge is 0.478 e. The minimum atomic E-state index is -0.938. The number of aliphatic hydroxyl groups is 1. The van der Waals surface area contributed by atoms with Crippen LogP contribution in [0, 0.1) is 12.3 Å². The molecule has 5 heteroatoms. The molecule has 1 fully saturated rings. The lowest BCUT2D eigenvalue weighted by Crippen LogP contribution is -2.28. The molecule has 0 amide bonds. The SMILES string of the molecule is Cc1nc2cc(C(=O)O)ccc2n1CC1(CO)CCCC1. The Morgan fingerprint density at radius 3 is 2.71 bits per heavy atom. The Labute approximate surface area is 123 Å². The van der Waals surface area contributed by atoms with Crippen molar-refractivity contribution in [2.24, 2.45) is 5.41 Å². The topological polar surface area (TPSA) is 75.3 Å². The molecule has 0 spiro atoms. The molecule has 0 unspecified atom stereocenters. The van der Waals surface area contributed by atoms with Crippen LogP contribution < -0.4 is 0 Å². The fraction of sp³-hybridized carbons (Fsp3) is 0.500. The van der Waals surface area contributed by atoms with Crippen LogP contribution in [-0.2, 0) is 6.54 Å². The normalized spacial score (nSPS) is 17.4. The van der Waals surface area contributed by atoms with Crippen molar-refractivity contribution in [3.63, 3.8) is 0 Å². The molecular formula is C16H20N2O3. The molecule has 0 saturated heterocycles. The summed E-state index contributed by atoms with van der Waals surface area (Å²) in [7, 11) is 0. The summed E-state index contributed by atoms with van der Waals surface area (Å²) in [5.41, 5.74) is 1.85. The smallest absolute Gasteiger partial charge is 0.335 e. The number of nitrogens with zero attached hydrogens (tertiary/aromatic N) is 2. The lowest BCUT2D eigenvalue weighted by molar-refractivity contribution is 0.0697. The molecule has 0 bridgehead atoms. The monoisotopic (exact) mass is 288 g/mol. The highest BCUT2D eigenvalue weighted by Gasteiger charge is 2.34. The van der Waals surface area contributed by atoms with Gasteiger partial charge in [0.2, 0.25) is 0 Å². The fourth-order valence-corrected chi connectivity index (χ4v) is 3.41. The number of aromatic nitrogens is 2. The zero-order valence-corrected chi connectivity index (χ0v) is 12.2. The quantitative estimate of drug-likeness (QED) is 0.906. The van der Waals surface area contributed by atoms with Crippen molar-refractivity contribution in [1.29, 1.82) is 0 Å². The molecule has 1 aliphatic carbocycles. The van der Waals surface area contributed by atoms with E-state index >= 15 is 0 Å². The number of carboxylic acid groups (broad SMARTS) is 1. The van der Waals surface area contributed by atoms with E-state index in [0.717, 1.165) is 43.6 Å². The first-order valence-corrected chi connectivity index (χ1v) is 7.36. The fourth-order valence-electron chi connectivity index (χ4n) is 3.41. The maximum Gasteiger partial charge on any atom is 0.335 e. The number of aromatic carboxylic acids is 1. The summed E-state index contributed by atoms with van der Waals surface area (Å²) in [6.07, 6.45) is 4.40. The predicted molar refractivity (Wildman–Crippen MR) is 79.4 cm³/mol. The summed E-state index contributed by atoms with van der Waals surface area (Å²) >= 11 is 0. The molecular weight excluding hydrogens is 268 g/mol. The van der Waals surface area contributed by atoms with Gasteiger partial charge in [-0.2, -0.15) is 0 Å². The average Bonchev–Trinajstić information content (AvgIpc) is 3.05. The van der Waals surface area contributed by atoms with Gasteiger partial charge in [0.15, 0.2) is 0 Å². The van der Waals surface area contributed by atoms with Gasteiger partial charge in [-0.15, -0.1) is 0 Å². The van der Waals surface area contributed by atoms with Crippen LogP contribution >= 0.6 is 0 Å². The first-order chi connectivity index (χ1) is 10.0. The van der Waals surface area contributed by atoms with Crippen molar-refractivity contribution in [3.8, 4) is 0 Å². The van der Waals surface area contributed by atoms with Gasteiger partial charge >= 0.3 is 5.97 Å². The molecule has 0 aliphatic heterocycles. The standard InChI is InChI=1S/C16H20N2O3/c1-11-17-13-8-12(15(20)21)4-5-14(13)18(11)9-16(10-19)6-2-3-7-16/h4-5,8,19H,2-3,6-7,9-10H2,1H3,(H,20,21). The second-order valence-corrected chi connectivity index (χ2v) is 6.12. The van der Waals surface area contributed by atoms with E-state index in [-0.39, 0.29) is 17.6 Å². The third kappa shape index (κ3) is 2.42. The molecule has 1 saturated carbocycles. The number of aliphatic hydroxyl groups excluding tert-OH is 1. The van der Waals surface area contributed by atoms with E-state index in [1.165, 1.54) is 0 Å². The average molecular weight is 288 g/mol. The van der Waals surface area contributed by atoms with E-state index in [2.05, 4.69) is 9.55 Å². The van der Waals surface area contributed by atoms with Crippen LogP contribution in [0.5, 0.6) is 0 Å². The summed E-state index contributed by atoms with van der Waals surface area (Å²) in [5, 5.41) is 18.8. The van der Waals surface area contributed by atoms with E-state index in [1.807, 2.05) is 13.0 Å². The number of carbonyl (C=O) groups is 1. The molecule has 5 nitrogen and oxygen atoms in total. The van der Waals surface area contributed by atoms with E-state index in [4.69, 9.17) is 5.11 Å². The van der Waals surface area contributed by atoms with Crippen molar-refractivity contribution in [2.45, 2.75) is 39.2 Å². The Morgan fingerprint density at radius 2 is 2.10 bits per heavy atom. The Balaban J connectivity index is 2.02. The Bertz CT molecular complexity index is 684. The number of carboxylic acids is 1. The summed E-state index contributed by atoms with van der Waals surface area (Å²) < 4.78 is 2.11. The van der Waals surface area contributed by atoms with E-state index in [1.54, 1.807) is 12.1 Å². The van der Waals surface area contributed by atoms with Crippen LogP contribution in [0.15, 0.2) is 18.2 Å². The minimum absolute atomic E-state index is 0.0517. The summed E-state index contributed by atoms with van der Waals surface area (Å²) in [6, 6.07) is 5.04. The summed E-state index contributed by atoms with van der Waals surface area (Å²) in [5.74, 6) is -0.0704. The van der Waals surface area contributed by atoms with Gasteiger partial charge in [0.1, 0.15) is 5.82 Å². The van der Waals surface area contributed by atoms with Gasteiger partial charge in [0.05, 0.1) is 23.2 Å². The van der Waals surface area contributed by atoms with Gasteiger partial charge in [-0.05, 0) is 38.0 Å². The van der Waals surface area contributed by atoms with Gasteiger partial charge in [-0.1, -0.05) is 12.8 Å². The molecule has 3 rings (SSSR count). The van der Waals surface area contributed by atoms with Crippen molar-refractivity contribution in [1.82, 2.24) is 9.55 Å². The highest BCUT2D eigenvalue weighted by atomic mass is 16.4. The third-order valence-electron chi connectivity index (χ3n) is 4.68. The maximum atomic E-state index is 11.0. The predicted octanol–water partition coefficient (Wildman–Crippen LogP) is 2.60. The second kappa shape index (κ2) is 5.15. The van der Waals surface area contributed by atoms with Crippen molar-refractivity contribution < 1.29 is 15.0 Å². The Hall–Kier alpha value is -1.88. The van der Waals surface area contributed by atoms with E-state index in [0.29, 0.717) is 5.52 Å². The van der Waals surface area contributed by atoms with E-state index in [9.17, 15) is 9.90 Å². The summed E-state index contributed by atoms with van der Waals surface area (Å²) in [6.45, 7) is 2.87. The zero-order valence-electron chi connectivity index (χ0n) is 12.2. The number of rotatable bonds is 4. The molecule has 112 valence electrons. The van der Waals surface area contributed by atoms with Crippen LogP contribution in [0.3, 0.4) is 0 Å². The second-order valence-electron chi connectivity index (χ2n) is 6.12. The van der Waals surface area contributed by atoms with Crippen LogP contribution in [0.2, 0.25) is 0 Å². The number of fused-ring (bicyclic) bond motifs is 1. The molecule has 1 aromatic heterocycles. The Morgan fingerprint density at radius 1 is 1.38 bits per heavy atom. The van der Waals surface area contributed by atoms with Crippen LogP contribution in [0.1, 0.15) is 41.9 Å². The van der Waals surface area contributed by atoms with Crippen LogP contribution in [-0.4, -0.2) is 32.3 Å². The molecule has 0 radical (unpaired) electrons. The molecule has 1 aromatic carbocycles. The van der Waals surface area contributed by atoms with Crippen molar-refractivity contribution in [3.05, 3.63) is 29.6 Å². The van der Waals surface area contributed by atoms with Gasteiger partial charge in [-0.25, -0.2) is 9.78 Å². The first kappa shape index (κ1) is 14.1. The first-order valence-electron chi connectivity index (χ1n) is 7.36. The Kier molecular flexibility index (Phi) is 3.45. The van der Waals surface area contributed by atoms with E-state index < -0.39 is 5.97 Å². The number of hydrogen-bond acceptors (Lipinski definition) is 3. The molecule has 1 aliphatic rings. The molecule has 0 atom stereocenters. The minimum Gasteiger partial charge on any atom is -0.478 e. The molecule has 1 heterocycles. The lowest BCUT2D eigenvalue weighted by Gasteiger charge is -2.27. The number of benzene rings is 1. The van der Waals surface area contributed by atoms with Gasteiger partial charge in [0.25, 0.3) is 0 Å². The van der Waals surface area contributed by atoms with Crippen LogP contribution in [0.4, 0.5) is 0 Å².